The third-order valence-electron chi connectivity index (χ3n) is 3.71. The van der Waals surface area contributed by atoms with Crippen LogP contribution in [0, 0.1) is 0 Å². The van der Waals surface area contributed by atoms with Gasteiger partial charge in [-0.05, 0) is 42.0 Å². The summed E-state index contributed by atoms with van der Waals surface area (Å²) in [5.41, 5.74) is 1.95. The summed E-state index contributed by atoms with van der Waals surface area (Å²) in [5, 5.41) is 6.92. The van der Waals surface area contributed by atoms with Crippen molar-refractivity contribution in [2.24, 2.45) is 0 Å². The minimum atomic E-state index is 0.136. The number of amides is 1. The first-order valence-corrected chi connectivity index (χ1v) is 7.71. The Morgan fingerprint density at radius 2 is 2.40 bits per heavy atom. The van der Waals surface area contributed by atoms with E-state index >= 15 is 0 Å². The van der Waals surface area contributed by atoms with Gasteiger partial charge in [-0.25, -0.2) is 4.98 Å². The van der Waals surface area contributed by atoms with E-state index in [1.807, 2.05) is 40.9 Å². The minimum Gasteiger partial charge on any atom is -0.373 e. The van der Waals surface area contributed by atoms with Crippen molar-refractivity contribution in [3.63, 3.8) is 0 Å². The largest absolute Gasteiger partial charge is 0.373 e. The van der Waals surface area contributed by atoms with E-state index in [-0.39, 0.29) is 11.9 Å². The van der Waals surface area contributed by atoms with Crippen molar-refractivity contribution in [2.75, 3.05) is 18.9 Å². The molecule has 104 valence electrons. The molecule has 0 bridgehead atoms. The molecule has 5 heteroatoms. The van der Waals surface area contributed by atoms with Crippen LogP contribution in [0.25, 0.3) is 0 Å². The van der Waals surface area contributed by atoms with E-state index in [0.717, 1.165) is 36.3 Å². The molecule has 2 aromatic heterocycles. The quantitative estimate of drug-likeness (QED) is 0.943. The molecule has 1 N–H and O–H groups in total. The molecule has 3 heterocycles. The van der Waals surface area contributed by atoms with Crippen LogP contribution >= 0.6 is 11.3 Å². The molecule has 1 unspecified atom stereocenters. The second-order valence-electron chi connectivity index (χ2n) is 4.89. The summed E-state index contributed by atoms with van der Waals surface area (Å²) in [5.74, 6) is 0.980. The fraction of sp³-hybridized carbons (Fsp3) is 0.333. The number of pyridine rings is 1. The van der Waals surface area contributed by atoms with Gasteiger partial charge < -0.3 is 10.2 Å². The van der Waals surface area contributed by atoms with Gasteiger partial charge in [0, 0.05) is 25.2 Å². The summed E-state index contributed by atoms with van der Waals surface area (Å²) in [4.78, 5) is 18.8. The summed E-state index contributed by atoms with van der Waals surface area (Å²) in [6.45, 7) is 0.830. The predicted molar refractivity (Wildman–Crippen MR) is 81.1 cm³/mol. The number of aromatic nitrogens is 1. The molecule has 1 saturated heterocycles. The van der Waals surface area contributed by atoms with Crippen LogP contribution < -0.4 is 5.32 Å². The Kier molecular flexibility index (Phi) is 3.69. The Labute approximate surface area is 122 Å². The van der Waals surface area contributed by atoms with Crippen LogP contribution in [-0.2, 0) is 0 Å². The van der Waals surface area contributed by atoms with Crippen LogP contribution in [0.3, 0.4) is 0 Å². The summed E-state index contributed by atoms with van der Waals surface area (Å²) in [6.07, 6.45) is 3.87. The van der Waals surface area contributed by atoms with Crippen molar-refractivity contribution in [3.05, 3.63) is 46.3 Å². The average molecular weight is 287 g/mol. The van der Waals surface area contributed by atoms with Crippen LogP contribution in [0.4, 0.5) is 5.82 Å². The van der Waals surface area contributed by atoms with Crippen molar-refractivity contribution >= 4 is 23.1 Å². The van der Waals surface area contributed by atoms with Crippen molar-refractivity contribution in [3.8, 4) is 0 Å². The number of hydrogen-bond acceptors (Lipinski definition) is 4. The molecule has 0 aliphatic carbocycles. The molecule has 3 rings (SSSR count). The second kappa shape index (κ2) is 5.63. The monoisotopic (exact) mass is 287 g/mol. The van der Waals surface area contributed by atoms with Gasteiger partial charge in [-0.15, -0.1) is 0 Å². The standard InChI is InChI=1S/C15H17N3OS/c1-16-14-9-11(4-6-17-14)13-3-2-7-18(13)15(19)12-5-8-20-10-12/h4-6,8-10,13H,2-3,7H2,1H3,(H,16,17). The molecule has 4 nitrogen and oxygen atoms in total. The van der Waals surface area contributed by atoms with Crippen LogP contribution in [0.5, 0.6) is 0 Å². The van der Waals surface area contributed by atoms with Gasteiger partial charge in [0.1, 0.15) is 5.82 Å². The molecule has 1 atom stereocenters. The van der Waals surface area contributed by atoms with Gasteiger partial charge in [-0.2, -0.15) is 11.3 Å². The van der Waals surface area contributed by atoms with Gasteiger partial charge in [-0.3, -0.25) is 4.79 Å². The lowest BCUT2D eigenvalue weighted by atomic mass is 10.1. The first-order chi connectivity index (χ1) is 9.79. The van der Waals surface area contributed by atoms with Gasteiger partial charge in [0.2, 0.25) is 0 Å². The highest BCUT2D eigenvalue weighted by atomic mass is 32.1. The Balaban J connectivity index is 1.86. The van der Waals surface area contributed by atoms with E-state index in [2.05, 4.69) is 10.3 Å². The number of thiophene rings is 1. The topological polar surface area (TPSA) is 45.2 Å². The molecular formula is C15H17N3OS. The van der Waals surface area contributed by atoms with Gasteiger partial charge in [-0.1, -0.05) is 0 Å². The molecule has 0 saturated carbocycles. The van der Waals surface area contributed by atoms with Gasteiger partial charge in [0.15, 0.2) is 0 Å². The van der Waals surface area contributed by atoms with Gasteiger partial charge in [0.05, 0.1) is 11.6 Å². The molecule has 1 amide bonds. The van der Waals surface area contributed by atoms with E-state index in [1.54, 1.807) is 17.5 Å². The number of likely N-dealkylation sites (tertiary alicyclic amines) is 1. The molecule has 0 spiro atoms. The third-order valence-corrected chi connectivity index (χ3v) is 4.39. The van der Waals surface area contributed by atoms with Crippen molar-refractivity contribution in [1.82, 2.24) is 9.88 Å². The van der Waals surface area contributed by atoms with Crippen molar-refractivity contribution < 1.29 is 4.79 Å². The fourth-order valence-corrected chi connectivity index (χ4v) is 3.33. The highest BCUT2D eigenvalue weighted by Crippen LogP contribution is 2.33. The molecule has 1 aliphatic rings. The Morgan fingerprint density at radius 1 is 1.50 bits per heavy atom. The Bertz CT molecular complexity index is 597. The smallest absolute Gasteiger partial charge is 0.255 e. The highest BCUT2D eigenvalue weighted by molar-refractivity contribution is 7.08. The number of hydrogen-bond donors (Lipinski definition) is 1. The molecule has 0 radical (unpaired) electrons. The number of carbonyl (C=O) groups is 1. The van der Waals surface area contributed by atoms with E-state index in [9.17, 15) is 4.79 Å². The second-order valence-corrected chi connectivity index (χ2v) is 5.67. The average Bonchev–Trinajstić information content (AvgIpc) is 3.17. The number of carbonyl (C=O) groups excluding carboxylic acids is 1. The number of nitrogens with zero attached hydrogens (tertiary/aromatic N) is 2. The number of rotatable bonds is 3. The maximum Gasteiger partial charge on any atom is 0.255 e. The maximum atomic E-state index is 12.5. The van der Waals surface area contributed by atoms with Gasteiger partial charge in [0.25, 0.3) is 5.91 Å². The molecule has 1 aliphatic heterocycles. The van der Waals surface area contributed by atoms with Crippen LogP contribution in [-0.4, -0.2) is 29.4 Å². The van der Waals surface area contributed by atoms with Crippen LogP contribution in [0.15, 0.2) is 35.2 Å². The fourth-order valence-electron chi connectivity index (χ4n) is 2.70. The molecule has 1 fully saturated rings. The predicted octanol–water partition coefficient (Wildman–Crippen LogP) is 3.16. The summed E-state index contributed by atoms with van der Waals surface area (Å²) in [6, 6.07) is 6.10. The zero-order chi connectivity index (χ0) is 13.9. The van der Waals surface area contributed by atoms with E-state index in [4.69, 9.17) is 0 Å². The zero-order valence-corrected chi connectivity index (χ0v) is 12.2. The van der Waals surface area contributed by atoms with Crippen molar-refractivity contribution in [2.45, 2.75) is 18.9 Å². The SMILES string of the molecule is CNc1cc(C2CCCN2C(=O)c2ccsc2)ccn1. The molecular weight excluding hydrogens is 270 g/mol. The first-order valence-electron chi connectivity index (χ1n) is 6.76. The Morgan fingerprint density at radius 3 is 3.15 bits per heavy atom. The maximum absolute atomic E-state index is 12.5. The number of nitrogens with one attached hydrogen (secondary N) is 1. The third kappa shape index (κ3) is 2.41. The van der Waals surface area contributed by atoms with Crippen LogP contribution in [0.2, 0.25) is 0 Å². The summed E-state index contributed by atoms with van der Waals surface area (Å²) >= 11 is 1.56. The van der Waals surface area contributed by atoms with E-state index in [0.29, 0.717) is 0 Å². The lowest BCUT2D eigenvalue weighted by Gasteiger charge is -2.25. The molecule has 0 aromatic carbocycles. The molecule has 20 heavy (non-hydrogen) atoms. The minimum absolute atomic E-state index is 0.136. The van der Waals surface area contributed by atoms with Crippen LogP contribution in [0.1, 0.15) is 34.8 Å². The van der Waals surface area contributed by atoms with Gasteiger partial charge >= 0.3 is 0 Å². The zero-order valence-electron chi connectivity index (χ0n) is 11.4. The highest BCUT2D eigenvalue weighted by Gasteiger charge is 2.30. The Hall–Kier alpha value is -1.88. The lowest BCUT2D eigenvalue weighted by Crippen LogP contribution is -2.30. The van der Waals surface area contributed by atoms with E-state index in [1.165, 1.54) is 0 Å². The normalized spacial score (nSPS) is 18.2. The summed E-state index contributed by atoms with van der Waals surface area (Å²) in [7, 11) is 1.86. The van der Waals surface area contributed by atoms with E-state index < -0.39 is 0 Å². The summed E-state index contributed by atoms with van der Waals surface area (Å²) < 4.78 is 0. The first kappa shape index (κ1) is 13.1. The molecule has 2 aromatic rings. The lowest BCUT2D eigenvalue weighted by molar-refractivity contribution is 0.0736. The van der Waals surface area contributed by atoms with Crippen molar-refractivity contribution in [1.29, 1.82) is 0 Å². The number of anilines is 1.